The van der Waals surface area contributed by atoms with Crippen molar-refractivity contribution in [2.75, 3.05) is 5.75 Å². The third kappa shape index (κ3) is 3.73. The molecule has 0 aliphatic heterocycles. The van der Waals surface area contributed by atoms with Gasteiger partial charge in [-0.2, -0.15) is 0 Å². The van der Waals surface area contributed by atoms with Gasteiger partial charge in [0.05, 0.1) is 16.9 Å². The molecule has 32 heavy (non-hydrogen) atoms. The molecular formula is C28H32N2OS. The molecule has 1 saturated carbocycles. The second-order valence-electron chi connectivity index (χ2n) is 9.47. The largest absolute Gasteiger partial charge is 0.268 e. The molecule has 0 amide bonds. The monoisotopic (exact) mass is 444 g/mol. The molecule has 4 heteroatoms. The van der Waals surface area contributed by atoms with Crippen molar-refractivity contribution >= 4 is 11.8 Å². The molecule has 0 atom stereocenters. The van der Waals surface area contributed by atoms with E-state index < -0.39 is 0 Å². The molecule has 3 aromatic rings. The number of fused-ring (bicyclic) bond motifs is 4. The van der Waals surface area contributed by atoms with Crippen LogP contribution in [0, 0.1) is 6.92 Å². The minimum Gasteiger partial charge on any atom is -0.268 e. The average Bonchev–Trinajstić information content (AvgIpc) is 3.26. The van der Waals surface area contributed by atoms with E-state index in [1.807, 2.05) is 4.57 Å². The predicted octanol–water partition coefficient (Wildman–Crippen LogP) is 6.86. The fourth-order valence-electron chi connectivity index (χ4n) is 5.55. The van der Waals surface area contributed by atoms with Crippen molar-refractivity contribution in [2.45, 2.75) is 75.8 Å². The number of benzene rings is 2. The molecule has 1 heterocycles. The normalized spacial score (nSPS) is 16.2. The van der Waals surface area contributed by atoms with Crippen LogP contribution < -0.4 is 5.56 Å². The van der Waals surface area contributed by atoms with Crippen LogP contribution in [0.1, 0.15) is 68.6 Å². The van der Waals surface area contributed by atoms with Crippen LogP contribution in [0.4, 0.5) is 0 Å². The highest BCUT2D eigenvalue weighted by Gasteiger charge is 2.44. The molecule has 2 aliphatic rings. The first-order valence-corrected chi connectivity index (χ1v) is 13.1. The van der Waals surface area contributed by atoms with Crippen molar-refractivity contribution in [1.29, 1.82) is 0 Å². The summed E-state index contributed by atoms with van der Waals surface area (Å²) >= 11 is 1.73. The van der Waals surface area contributed by atoms with Crippen molar-refractivity contribution < 1.29 is 0 Å². The van der Waals surface area contributed by atoms with Crippen LogP contribution in [-0.2, 0) is 11.8 Å². The summed E-state index contributed by atoms with van der Waals surface area (Å²) in [5.74, 6) is 0.984. The summed E-state index contributed by atoms with van der Waals surface area (Å²) < 4.78 is 1.91. The van der Waals surface area contributed by atoms with E-state index in [1.54, 1.807) is 11.8 Å². The van der Waals surface area contributed by atoms with E-state index >= 15 is 0 Å². The van der Waals surface area contributed by atoms with E-state index in [0.29, 0.717) is 0 Å². The standard InChI is InChI=1S/C28H32N2OS/c1-3-4-9-18-32-27-29-25-23-11-6-5-10-21(23)19-28(16-7-8-17-28)24(25)26(31)30(27)22-14-12-20(2)13-15-22/h5-6,10-15H,3-4,7-9,16-19H2,1-2H3. The Hall–Kier alpha value is -2.33. The maximum absolute atomic E-state index is 14.3. The van der Waals surface area contributed by atoms with Gasteiger partial charge >= 0.3 is 0 Å². The lowest BCUT2D eigenvalue weighted by atomic mass is 9.68. The number of thioether (sulfide) groups is 1. The molecule has 0 bridgehead atoms. The summed E-state index contributed by atoms with van der Waals surface area (Å²) in [5, 5.41) is 0.832. The second-order valence-corrected chi connectivity index (χ2v) is 10.5. The molecule has 1 spiro atoms. The fraction of sp³-hybridized carbons (Fsp3) is 0.429. The van der Waals surface area contributed by atoms with Crippen molar-refractivity contribution in [3.8, 4) is 16.9 Å². The summed E-state index contributed by atoms with van der Waals surface area (Å²) in [6.07, 6.45) is 9.06. The first kappa shape index (κ1) is 21.5. The van der Waals surface area contributed by atoms with Crippen LogP contribution in [0.2, 0.25) is 0 Å². The topological polar surface area (TPSA) is 34.9 Å². The van der Waals surface area contributed by atoms with Crippen LogP contribution in [0.25, 0.3) is 16.9 Å². The smallest absolute Gasteiger partial charge is 0.263 e. The third-order valence-corrected chi connectivity index (χ3v) is 8.24. The Balaban J connectivity index is 1.74. The van der Waals surface area contributed by atoms with Gasteiger partial charge in [0.1, 0.15) is 0 Å². The molecule has 166 valence electrons. The number of hydrogen-bond donors (Lipinski definition) is 0. The van der Waals surface area contributed by atoms with Crippen LogP contribution >= 0.6 is 11.8 Å². The highest BCUT2D eigenvalue weighted by Crippen LogP contribution is 2.50. The molecule has 0 unspecified atom stereocenters. The van der Waals surface area contributed by atoms with Gasteiger partial charge in [-0.05, 0) is 50.3 Å². The van der Waals surface area contributed by atoms with Gasteiger partial charge < -0.3 is 0 Å². The highest BCUT2D eigenvalue weighted by atomic mass is 32.2. The number of rotatable bonds is 6. The molecule has 0 saturated heterocycles. The Morgan fingerprint density at radius 2 is 1.78 bits per heavy atom. The maximum atomic E-state index is 14.3. The highest BCUT2D eigenvalue weighted by molar-refractivity contribution is 7.99. The van der Waals surface area contributed by atoms with Gasteiger partial charge in [0.15, 0.2) is 5.16 Å². The number of aromatic nitrogens is 2. The molecule has 5 rings (SSSR count). The van der Waals surface area contributed by atoms with Crippen molar-refractivity contribution in [3.05, 3.63) is 75.6 Å². The van der Waals surface area contributed by atoms with E-state index in [0.717, 1.165) is 59.1 Å². The molecule has 2 aliphatic carbocycles. The summed E-state index contributed by atoms with van der Waals surface area (Å²) in [6.45, 7) is 4.31. The first-order chi connectivity index (χ1) is 15.6. The number of hydrogen-bond acceptors (Lipinski definition) is 3. The molecule has 1 aromatic heterocycles. The molecule has 1 fully saturated rings. The molecule has 0 N–H and O–H groups in total. The van der Waals surface area contributed by atoms with Crippen molar-refractivity contribution in [3.63, 3.8) is 0 Å². The quantitative estimate of drug-likeness (QED) is 0.237. The summed E-state index contributed by atoms with van der Waals surface area (Å²) in [6, 6.07) is 16.9. The number of nitrogens with zero attached hydrogens (tertiary/aromatic N) is 2. The van der Waals surface area contributed by atoms with E-state index in [2.05, 4.69) is 62.4 Å². The van der Waals surface area contributed by atoms with E-state index in [1.165, 1.54) is 36.8 Å². The van der Waals surface area contributed by atoms with Crippen LogP contribution in [0.3, 0.4) is 0 Å². The lowest BCUT2D eigenvalue weighted by molar-refractivity contribution is 0.422. The Morgan fingerprint density at radius 1 is 1.03 bits per heavy atom. The molecule has 3 nitrogen and oxygen atoms in total. The first-order valence-electron chi connectivity index (χ1n) is 12.1. The van der Waals surface area contributed by atoms with Crippen LogP contribution in [-0.4, -0.2) is 15.3 Å². The third-order valence-electron chi connectivity index (χ3n) is 7.22. The van der Waals surface area contributed by atoms with Gasteiger partial charge in [-0.25, -0.2) is 4.98 Å². The zero-order valence-electron chi connectivity index (χ0n) is 19.2. The Bertz CT molecular complexity index is 1170. The van der Waals surface area contributed by atoms with Crippen molar-refractivity contribution in [1.82, 2.24) is 9.55 Å². The van der Waals surface area contributed by atoms with Crippen LogP contribution in [0.5, 0.6) is 0 Å². The lowest BCUT2D eigenvalue weighted by Gasteiger charge is -2.36. The van der Waals surface area contributed by atoms with E-state index in [9.17, 15) is 4.79 Å². The minimum atomic E-state index is -0.0639. The van der Waals surface area contributed by atoms with Gasteiger partial charge in [0.25, 0.3) is 5.56 Å². The van der Waals surface area contributed by atoms with E-state index in [-0.39, 0.29) is 11.0 Å². The minimum absolute atomic E-state index is 0.0639. The lowest BCUT2D eigenvalue weighted by Crippen LogP contribution is -2.40. The van der Waals surface area contributed by atoms with Gasteiger partial charge in [-0.3, -0.25) is 9.36 Å². The van der Waals surface area contributed by atoms with E-state index in [4.69, 9.17) is 4.98 Å². The second kappa shape index (κ2) is 8.90. The fourth-order valence-corrected chi connectivity index (χ4v) is 6.55. The van der Waals surface area contributed by atoms with Crippen molar-refractivity contribution in [2.24, 2.45) is 0 Å². The zero-order chi connectivity index (χ0) is 22.1. The molecule has 0 radical (unpaired) electrons. The van der Waals surface area contributed by atoms with Gasteiger partial charge in [-0.1, -0.05) is 86.3 Å². The number of aryl methyl sites for hydroxylation is 1. The zero-order valence-corrected chi connectivity index (χ0v) is 20.0. The van der Waals surface area contributed by atoms with Gasteiger partial charge in [0.2, 0.25) is 0 Å². The Labute approximate surface area is 195 Å². The molecule has 2 aromatic carbocycles. The Morgan fingerprint density at radius 3 is 2.53 bits per heavy atom. The predicted molar refractivity (Wildman–Crippen MR) is 134 cm³/mol. The molecular weight excluding hydrogens is 412 g/mol. The summed E-state index contributed by atoms with van der Waals surface area (Å²) in [4.78, 5) is 19.5. The van der Waals surface area contributed by atoms with Crippen LogP contribution in [0.15, 0.2) is 58.5 Å². The van der Waals surface area contributed by atoms with Gasteiger partial charge in [0, 0.05) is 16.7 Å². The number of unbranched alkanes of at least 4 members (excludes halogenated alkanes) is 2. The summed E-state index contributed by atoms with van der Waals surface area (Å²) in [5.41, 5.74) is 6.63. The average molecular weight is 445 g/mol. The maximum Gasteiger partial charge on any atom is 0.263 e. The Kier molecular flexibility index (Phi) is 5.98. The SMILES string of the molecule is CCCCCSc1nc2c(c(=O)n1-c1ccc(C)cc1)C1(CCCC1)Cc1ccccc1-2. The summed E-state index contributed by atoms with van der Waals surface area (Å²) in [7, 11) is 0. The van der Waals surface area contributed by atoms with Gasteiger partial charge in [-0.15, -0.1) is 0 Å².